The smallest absolute Gasteiger partial charge is 0.111 e. The molecule has 3 heteroatoms. The van der Waals surface area contributed by atoms with E-state index in [9.17, 15) is 15.3 Å². The molecule has 0 spiro atoms. The van der Waals surface area contributed by atoms with Crippen molar-refractivity contribution in [2.45, 2.75) is 31.5 Å². The first-order chi connectivity index (χ1) is 13.1. The molecule has 0 aliphatic heterocycles. The van der Waals surface area contributed by atoms with Crippen LogP contribution < -0.4 is 0 Å². The molecule has 0 bridgehead atoms. The molecule has 4 aliphatic carbocycles. The number of aliphatic hydroxyl groups is 3. The van der Waals surface area contributed by atoms with Gasteiger partial charge in [-0.15, -0.1) is 0 Å². The molecule has 27 heavy (non-hydrogen) atoms. The minimum Gasteiger partial charge on any atom is -0.508 e. The van der Waals surface area contributed by atoms with Crippen LogP contribution in [0.5, 0.6) is 0 Å². The van der Waals surface area contributed by atoms with Crippen LogP contribution >= 0.6 is 0 Å². The molecule has 0 aromatic rings. The molecule has 5 unspecified atom stereocenters. The monoisotopic (exact) mass is 362 g/mol. The first-order valence-corrected chi connectivity index (χ1v) is 9.70. The van der Waals surface area contributed by atoms with Crippen molar-refractivity contribution in [3.8, 4) is 0 Å². The van der Waals surface area contributed by atoms with E-state index in [4.69, 9.17) is 0 Å². The maximum Gasteiger partial charge on any atom is 0.111 e. The maximum atomic E-state index is 10.4. The summed E-state index contributed by atoms with van der Waals surface area (Å²) in [4.78, 5) is 0. The highest BCUT2D eigenvalue weighted by molar-refractivity contribution is 5.50. The fraction of sp³-hybridized carbons (Fsp3) is 0.333. The lowest BCUT2D eigenvalue weighted by molar-refractivity contribution is 0.165. The lowest BCUT2D eigenvalue weighted by Gasteiger charge is -2.25. The molecule has 0 aromatic heterocycles. The standard InChI is InChI=1S/C24H26O3/c25-22-8-3-17(4-9-22)19-2-1-16(13-19)14-21-15-20(7-12-24(21)27)18-5-10-23(26)11-6-18/h1-3,5-10,12-13,15-17,21,23-27H,4,11,14H2. The Kier molecular flexibility index (Phi) is 5.15. The zero-order valence-electron chi connectivity index (χ0n) is 15.3. The number of rotatable bonds is 4. The Hall–Kier alpha value is -2.36. The topological polar surface area (TPSA) is 60.7 Å². The zero-order chi connectivity index (χ0) is 18.8. The van der Waals surface area contributed by atoms with Crippen LogP contribution in [-0.2, 0) is 0 Å². The number of aliphatic hydroxyl groups excluding tert-OH is 3. The third kappa shape index (κ3) is 4.15. The van der Waals surface area contributed by atoms with Crippen LogP contribution in [0.3, 0.4) is 0 Å². The van der Waals surface area contributed by atoms with E-state index in [0.717, 1.165) is 24.0 Å². The molecule has 0 aromatic carbocycles. The van der Waals surface area contributed by atoms with Gasteiger partial charge in [-0.05, 0) is 54.1 Å². The van der Waals surface area contributed by atoms with Crippen LogP contribution in [-0.4, -0.2) is 27.5 Å². The van der Waals surface area contributed by atoms with Crippen LogP contribution in [0.1, 0.15) is 19.3 Å². The summed E-state index contributed by atoms with van der Waals surface area (Å²) in [6, 6.07) is 0. The van der Waals surface area contributed by atoms with Gasteiger partial charge in [-0.2, -0.15) is 0 Å². The highest BCUT2D eigenvalue weighted by Gasteiger charge is 2.25. The Morgan fingerprint density at radius 2 is 1.67 bits per heavy atom. The second kappa shape index (κ2) is 7.71. The average molecular weight is 362 g/mol. The van der Waals surface area contributed by atoms with Crippen molar-refractivity contribution in [3.05, 3.63) is 95.4 Å². The van der Waals surface area contributed by atoms with Gasteiger partial charge in [0.05, 0.1) is 12.2 Å². The van der Waals surface area contributed by atoms with Crippen LogP contribution in [0.25, 0.3) is 0 Å². The van der Waals surface area contributed by atoms with Crippen LogP contribution in [0.4, 0.5) is 0 Å². The van der Waals surface area contributed by atoms with Gasteiger partial charge in [0.1, 0.15) is 5.76 Å². The van der Waals surface area contributed by atoms with Crippen molar-refractivity contribution in [3.63, 3.8) is 0 Å². The van der Waals surface area contributed by atoms with Gasteiger partial charge in [0.2, 0.25) is 0 Å². The van der Waals surface area contributed by atoms with Gasteiger partial charge < -0.3 is 15.3 Å². The molecule has 0 saturated carbocycles. The first-order valence-electron chi connectivity index (χ1n) is 9.70. The molecule has 4 rings (SSSR count). The van der Waals surface area contributed by atoms with Gasteiger partial charge in [0, 0.05) is 11.8 Å². The summed E-state index contributed by atoms with van der Waals surface area (Å²) in [5.74, 6) is 1.06. The van der Waals surface area contributed by atoms with Gasteiger partial charge in [-0.25, -0.2) is 0 Å². The summed E-state index contributed by atoms with van der Waals surface area (Å²) in [5.41, 5.74) is 3.53. The second-order valence-corrected chi connectivity index (χ2v) is 7.71. The zero-order valence-corrected chi connectivity index (χ0v) is 15.3. The fourth-order valence-electron chi connectivity index (χ4n) is 4.11. The van der Waals surface area contributed by atoms with E-state index in [1.165, 1.54) is 5.57 Å². The highest BCUT2D eigenvalue weighted by Crippen LogP contribution is 2.34. The molecule has 140 valence electrons. The van der Waals surface area contributed by atoms with Crippen molar-refractivity contribution in [2.24, 2.45) is 17.8 Å². The lowest BCUT2D eigenvalue weighted by atomic mass is 9.83. The fourth-order valence-corrected chi connectivity index (χ4v) is 4.11. The van der Waals surface area contributed by atoms with Crippen molar-refractivity contribution in [2.75, 3.05) is 0 Å². The van der Waals surface area contributed by atoms with E-state index in [0.29, 0.717) is 24.0 Å². The van der Waals surface area contributed by atoms with Gasteiger partial charge in [0.25, 0.3) is 0 Å². The van der Waals surface area contributed by atoms with Crippen molar-refractivity contribution < 1.29 is 15.3 Å². The summed E-state index contributed by atoms with van der Waals surface area (Å²) in [7, 11) is 0. The number of hydrogen-bond donors (Lipinski definition) is 3. The van der Waals surface area contributed by atoms with E-state index >= 15 is 0 Å². The Bertz CT molecular complexity index is 832. The maximum absolute atomic E-state index is 10.4. The first kappa shape index (κ1) is 18.0. The molecule has 0 fully saturated rings. The molecule has 0 amide bonds. The minimum absolute atomic E-state index is 0.0715. The number of allylic oxidation sites excluding steroid dienone is 11. The summed E-state index contributed by atoms with van der Waals surface area (Å²) in [6.07, 6.45) is 25.7. The normalized spacial score (nSPS) is 35.0. The summed E-state index contributed by atoms with van der Waals surface area (Å²) < 4.78 is 0. The molecule has 0 saturated heterocycles. The summed E-state index contributed by atoms with van der Waals surface area (Å²) >= 11 is 0. The van der Waals surface area contributed by atoms with E-state index in [2.05, 4.69) is 36.5 Å². The Balaban J connectivity index is 1.43. The molecule has 0 heterocycles. The Morgan fingerprint density at radius 1 is 0.815 bits per heavy atom. The van der Waals surface area contributed by atoms with Gasteiger partial charge in [-0.1, -0.05) is 60.8 Å². The van der Waals surface area contributed by atoms with Gasteiger partial charge in [-0.3, -0.25) is 0 Å². The molecular formula is C24H26O3. The minimum atomic E-state index is -0.465. The van der Waals surface area contributed by atoms with Crippen LogP contribution in [0.15, 0.2) is 95.4 Å². The third-order valence-electron chi connectivity index (χ3n) is 5.71. The predicted molar refractivity (Wildman–Crippen MR) is 108 cm³/mol. The van der Waals surface area contributed by atoms with E-state index < -0.39 is 6.10 Å². The highest BCUT2D eigenvalue weighted by atomic mass is 16.3. The van der Waals surface area contributed by atoms with E-state index in [-0.39, 0.29) is 12.0 Å². The van der Waals surface area contributed by atoms with Crippen molar-refractivity contribution in [1.82, 2.24) is 0 Å². The molecule has 0 radical (unpaired) electrons. The molecule has 3 nitrogen and oxygen atoms in total. The molecular weight excluding hydrogens is 336 g/mol. The third-order valence-corrected chi connectivity index (χ3v) is 5.71. The average Bonchev–Trinajstić information content (AvgIpc) is 3.13. The van der Waals surface area contributed by atoms with E-state index in [1.807, 2.05) is 30.4 Å². The van der Waals surface area contributed by atoms with Crippen molar-refractivity contribution >= 4 is 0 Å². The second-order valence-electron chi connectivity index (χ2n) is 7.71. The summed E-state index contributed by atoms with van der Waals surface area (Å²) in [5, 5.41) is 29.5. The van der Waals surface area contributed by atoms with Crippen LogP contribution in [0, 0.1) is 17.8 Å². The number of hydrogen-bond acceptors (Lipinski definition) is 3. The lowest BCUT2D eigenvalue weighted by Crippen LogP contribution is -2.21. The molecule has 4 aliphatic rings. The van der Waals surface area contributed by atoms with Crippen molar-refractivity contribution in [1.29, 1.82) is 0 Å². The Morgan fingerprint density at radius 3 is 2.41 bits per heavy atom. The summed E-state index contributed by atoms with van der Waals surface area (Å²) in [6.45, 7) is 0. The Labute approximate surface area is 160 Å². The molecule has 5 atom stereocenters. The van der Waals surface area contributed by atoms with Crippen LogP contribution in [0.2, 0.25) is 0 Å². The molecule has 3 N–H and O–H groups in total. The quantitative estimate of drug-likeness (QED) is 0.701. The largest absolute Gasteiger partial charge is 0.508 e. The van der Waals surface area contributed by atoms with E-state index in [1.54, 1.807) is 6.08 Å². The SMILES string of the molecule is OC1=CCC(C2=CC(CC3C=C(C4=CCC(O)C=C4)C=CC3O)C=C2)C=C1. The predicted octanol–water partition coefficient (Wildman–Crippen LogP) is 4.23. The van der Waals surface area contributed by atoms with Gasteiger partial charge >= 0.3 is 0 Å². The van der Waals surface area contributed by atoms with Gasteiger partial charge in [0.15, 0.2) is 0 Å².